The highest BCUT2D eigenvalue weighted by Crippen LogP contribution is 2.52. The molecule has 0 saturated carbocycles. The van der Waals surface area contributed by atoms with Gasteiger partial charge in [-0.1, -0.05) is 0 Å². The fraction of sp³-hybridized carbons (Fsp3) is 0.577. The third kappa shape index (κ3) is 3.65. The smallest absolute Gasteiger partial charge is 0.257 e. The van der Waals surface area contributed by atoms with Crippen LogP contribution in [0.3, 0.4) is 0 Å². The monoisotopic (exact) mass is 496 g/mol. The van der Waals surface area contributed by atoms with Crippen molar-refractivity contribution in [2.24, 2.45) is 0 Å². The van der Waals surface area contributed by atoms with Gasteiger partial charge in [0.2, 0.25) is 11.9 Å². The third-order valence-electron chi connectivity index (χ3n) is 8.39. The van der Waals surface area contributed by atoms with Crippen LogP contribution in [0, 0.1) is 5.82 Å². The number of nitrogens with zero attached hydrogens (tertiary/aromatic N) is 4. The highest BCUT2D eigenvalue weighted by molar-refractivity contribution is 6.09. The lowest BCUT2D eigenvalue weighted by Crippen LogP contribution is -2.49. The van der Waals surface area contributed by atoms with E-state index >= 15 is 4.39 Å². The Morgan fingerprint density at radius 3 is 2.61 bits per heavy atom. The van der Waals surface area contributed by atoms with Crippen molar-refractivity contribution in [3.8, 4) is 5.75 Å². The highest BCUT2D eigenvalue weighted by Gasteiger charge is 2.54. The quantitative estimate of drug-likeness (QED) is 0.673. The number of carbonyl (C=O) groups is 1. The number of ether oxygens (including phenoxy) is 1. The summed E-state index contributed by atoms with van der Waals surface area (Å²) in [6.45, 7) is 3.68. The summed E-state index contributed by atoms with van der Waals surface area (Å²) in [4.78, 5) is 39.7. The molecule has 2 N–H and O–H groups in total. The molecule has 1 spiro atoms. The number of anilines is 3. The van der Waals surface area contributed by atoms with Crippen LogP contribution in [-0.4, -0.2) is 73.7 Å². The molecule has 192 valence electrons. The largest absolute Gasteiger partial charge is 0.488 e. The van der Waals surface area contributed by atoms with Gasteiger partial charge in [-0.25, -0.2) is 4.39 Å². The number of amides is 1. The molecule has 1 amide bonds. The SMILES string of the molecule is CN1CCC(Oc2ccc(F)c3c2N(C)C(=O)C32CCN(c3nc4c(c(=O)[nH]3)CCCN4)CC2)CC1. The van der Waals surface area contributed by atoms with E-state index in [1.54, 1.807) is 18.0 Å². The number of rotatable bonds is 3. The van der Waals surface area contributed by atoms with E-state index in [0.29, 0.717) is 66.7 Å². The first-order valence-corrected chi connectivity index (χ1v) is 13.0. The lowest BCUT2D eigenvalue weighted by Gasteiger charge is -2.38. The minimum Gasteiger partial charge on any atom is -0.488 e. The van der Waals surface area contributed by atoms with Crippen molar-refractivity contribution in [2.45, 2.75) is 50.0 Å². The van der Waals surface area contributed by atoms with Crippen LogP contribution in [0.4, 0.5) is 21.8 Å². The maximum absolute atomic E-state index is 15.4. The number of aromatic amines is 1. The molecule has 36 heavy (non-hydrogen) atoms. The zero-order chi connectivity index (χ0) is 25.0. The molecule has 0 aliphatic carbocycles. The predicted molar refractivity (Wildman–Crippen MR) is 136 cm³/mol. The normalized spacial score (nSPS) is 21.9. The molecule has 10 heteroatoms. The van der Waals surface area contributed by atoms with Gasteiger partial charge < -0.3 is 24.8 Å². The average Bonchev–Trinajstić information content (AvgIpc) is 3.10. The van der Waals surface area contributed by atoms with Gasteiger partial charge in [0.25, 0.3) is 5.56 Å². The van der Waals surface area contributed by atoms with Crippen molar-refractivity contribution in [2.75, 3.05) is 61.9 Å². The summed E-state index contributed by atoms with van der Waals surface area (Å²) in [5, 5.41) is 3.22. The summed E-state index contributed by atoms with van der Waals surface area (Å²) in [5.74, 6) is 1.27. The third-order valence-corrected chi connectivity index (χ3v) is 8.39. The van der Waals surface area contributed by atoms with Gasteiger partial charge in [-0.2, -0.15) is 4.98 Å². The first kappa shape index (κ1) is 23.3. The number of piperidine rings is 2. The summed E-state index contributed by atoms with van der Waals surface area (Å²) < 4.78 is 21.8. The fourth-order valence-electron chi connectivity index (χ4n) is 6.29. The standard InChI is InChI=1S/C26H33FN6O3/c1-31-12-7-16(8-13-31)36-19-6-5-18(27)20-21(19)32(2)24(35)26(20)9-14-33(15-10-26)25-29-22-17(23(34)30-25)4-3-11-28-22/h5-6,16H,3-4,7-15H2,1-2H3,(H2,28,29,30,34). The van der Waals surface area contributed by atoms with Gasteiger partial charge in [0, 0.05) is 45.3 Å². The molecule has 4 aliphatic heterocycles. The highest BCUT2D eigenvalue weighted by atomic mass is 19.1. The van der Waals surface area contributed by atoms with Crippen LogP contribution in [0.2, 0.25) is 0 Å². The van der Waals surface area contributed by atoms with E-state index in [1.807, 2.05) is 4.90 Å². The summed E-state index contributed by atoms with van der Waals surface area (Å²) in [6, 6.07) is 3.11. The summed E-state index contributed by atoms with van der Waals surface area (Å²) in [5.41, 5.74) is 0.653. The molecule has 0 atom stereocenters. The number of nitrogens with one attached hydrogen (secondary N) is 2. The molecule has 0 unspecified atom stereocenters. The van der Waals surface area contributed by atoms with Crippen molar-refractivity contribution in [3.05, 3.63) is 39.4 Å². The summed E-state index contributed by atoms with van der Waals surface area (Å²) in [7, 11) is 3.82. The first-order chi connectivity index (χ1) is 17.4. The van der Waals surface area contributed by atoms with Crippen LogP contribution in [0.5, 0.6) is 5.75 Å². The van der Waals surface area contributed by atoms with E-state index < -0.39 is 5.41 Å². The second-order valence-corrected chi connectivity index (χ2v) is 10.6. The van der Waals surface area contributed by atoms with Gasteiger partial charge in [-0.05, 0) is 57.7 Å². The Kier molecular flexibility index (Phi) is 5.66. The molecule has 4 aliphatic rings. The maximum atomic E-state index is 15.4. The molecule has 1 aromatic carbocycles. The first-order valence-electron chi connectivity index (χ1n) is 13.0. The lowest BCUT2D eigenvalue weighted by atomic mass is 9.73. The molecule has 6 rings (SSSR count). The number of fused-ring (bicyclic) bond motifs is 3. The van der Waals surface area contributed by atoms with Crippen LogP contribution in [0.1, 0.15) is 43.2 Å². The van der Waals surface area contributed by atoms with Gasteiger partial charge in [0.1, 0.15) is 23.5 Å². The Morgan fingerprint density at radius 2 is 1.86 bits per heavy atom. The zero-order valence-corrected chi connectivity index (χ0v) is 20.9. The van der Waals surface area contributed by atoms with Crippen molar-refractivity contribution < 1.29 is 13.9 Å². The van der Waals surface area contributed by atoms with Gasteiger partial charge >= 0.3 is 0 Å². The number of hydrogen-bond acceptors (Lipinski definition) is 7. The van der Waals surface area contributed by atoms with Crippen molar-refractivity contribution >= 4 is 23.4 Å². The number of halogens is 1. The van der Waals surface area contributed by atoms with Crippen molar-refractivity contribution in [1.82, 2.24) is 14.9 Å². The molecule has 5 heterocycles. The molecule has 2 saturated heterocycles. The molecule has 0 radical (unpaired) electrons. The molecule has 1 aromatic heterocycles. The number of carbonyl (C=O) groups excluding carboxylic acids is 1. The second-order valence-electron chi connectivity index (χ2n) is 10.6. The van der Waals surface area contributed by atoms with Crippen molar-refractivity contribution in [1.29, 1.82) is 0 Å². The Balaban J connectivity index is 1.28. The molecule has 2 fully saturated rings. The van der Waals surface area contributed by atoms with E-state index in [9.17, 15) is 9.59 Å². The summed E-state index contributed by atoms with van der Waals surface area (Å²) >= 11 is 0. The van der Waals surface area contributed by atoms with Gasteiger partial charge in [-0.3, -0.25) is 14.6 Å². The maximum Gasteiger partial charge on any atom is 0.257 e. The minimum absolute atomic E-state index is 0.0539. The van der Waals surface area contributed by atoms with Crippen LogP contribution in [-0.2, 0) is 16.6 Å². The van der Waals surface area contributed by atoms with Crippen molar-refractivity contribution in [3.63, 3.8) is 0 Å². The van der Waals surface area contributed by atoms with Crippen LogP contribution in [0.25, 0.3) is 0 Å². The van der Waals surface area contributed by atoms with E-state index in [0.717, 1.165) is 38.9 Å². The van der Waals surface area contributed by atoms with E-state index in [4.69, 9.17) is 4.74 Å². The van der Waals surface area contributed by atoms with Gasteiger partial charge in [0.15, 0.2) is 0 Å². The Morgan fingerprint density at radius 1 is 1.11 bits per heavy atom. The number of aromatic nitrogens is 2. The zero-order valence-electron chi connectivity index (χ0n) is 20.9. The summed E-state index contributed by atoms with van der Waals surface area (Å²) in [6.07, 6.45) is 4.36. The number of likely N-dealkylation sites (tertiary alicyclic amines) is 1. The number of hydrogen-bond donors (Lipinski definition) is 2. The number of benzene rings is 1. The Labute approximate surface area is 209 Å². The Hall–Kier alpha value is -3.14. The average molecular weight is 497 g/mol. The van der Waals surface area contributed by atoms with Crippen LogP contribution >= 0.6 is 0 Å². The van der Waals surface area contributed by atoms with E-state index in [-0.39, 0.29) is 23.4 Å². The number of H-pyrrole nitrogens is 1. The molecular formula is C26H33FN6O3. The molecular weight excluding hydrogens is 463 g/mol. The topological polar surface area (TPSA) is 93.8 Å². The van der Waals surface area contributed by atoms with E-state index in [1.165, 1.54) is 6.07 Å². The minimum atomic E-state index is -0.941. The fourth-order valence-corrected chi connectivity index (χ4v) is 6.29. The Bertz CT molecular complexity index is 1250. The van der Waals surface area contributed by atoms with E-state index in [2.05, 4.69) is 27.2 Å². The van der Waals surface area contributed by atoms with Crippen LogP contribution in [0.15, 0.2) is 16.9 Å². The van der Waals surface area contributed by atoms with Crippen LogP contribution < -0.4 is 25.4 Å². The lowest BCUT2D eigenvalue weighted by molar-refractivity contribution is -0.123. The second kappa shape index (κ2) is 8.76. The van der Waals surface area contributed by atoms with Gasteiger partial charge in [0.05, 0.1) is 16.7 Å². The molecule has 2 aromatic rings. The number of likely N-dealkylation sites (N-methyl/N-ethyl adjacent to an activating group) is 1. The predicted octanol–water partition coefficient (Wildman–Crippen LogP) is 2.25. The molecule has 9 nitrogen and oxygen atoms in total. The molecule has 0 bridgehead atoms. The van der Waals surface area contributed by atoms with Gasteiger partial charge in [-0.15, -0.1) is 0 Å².